The van der Waals surface area contributed by atoms with Crippen LogP contribution in [0.15, 0.2) is 48.7 Å². The van der Waals surface area contributed by atoms with Gasteiger partial charge in [-0.3, -0.25) is 9.69 Å². The Bertz CT molecular complexity index is 1310. The van der Waals surface area contributed by atoms with Crippen molar-refractivity contribution in [2.24, 2.45) is 0 Å². The molecule has 12 heteroatoms. The Hall–Kier alpha value is -4.22. The molecule has 2 N–H and O–H groups in total. The number of hydrogen-bond donors (Lipinski definition) is 1. The standard InChI is InChI=1S/C23H19F4N5O3/c1-12(2)17-10-16(35-19-5-6-29-21(28)30-19)3-4-18(17)32-20(33)11-31(22(32)34)15-8-13(23(25,26)27)7-14(24)9-15/h3-10,12H,11H2,1-2H3,(H2,28,29,30). The van der Waals surface area contributed by atoms with Gasteiger partial charge in [-0.1, -0.05) is 13.8 Å². The number of imide groups is 1. The largest absolute Gasteiger partial charge is 0.439 e. The molecule has 1 saturated heterocycles. The number of nitrogen functional groups attached to an aromatic ring is 1. The Balaban J connectivity index is 1.68. The highest BCUT2D eigenvalue weighted by molar-refractivity contribution is 6.27. The number of anilines is 3. The zero-order valence-corrected chi connectivity index (χ0v) is 18.5. The number of hydrogen-bond acceptors (Lipinski definition) is 6. The highest BCUT2D eigenvalue weighted by Crippen LogP contribution is 2.37. The van der Waals surface area contributed by atoms with Crippen molar-refractivity contribution >= 4 is 29.3 Å². The number of amides is 3. The first-order chi connectivity index (χ1) is 16.4. The molecule has 0 bridgehead atoms. The van der Waals surface area contributed by atoms with E-state index < -0.39 is 36.0 Å². The number of rotatable bonds is 5. The van der Waals surface area contributed by atoms with Gasteiger partial charge in [-0.25, -0.2) is 19.1 Å². The van der Waals surface area contributed by atoms with Crippen LogP contribution in [0.1, 0.15) is 30.9 Å². The average molecular weight is 489 g/mol. The Labute approximate surface area is 196 Å². The van der Waals surface area contributed by atoms with Crippen molar-refractivity contribution in [3.05, 3.63) is 65.6 Å². The molecule has 1 aliphatic rings. The first kappa shape index (κ1) is 23.9. The normalized spacial score (nSPS) is 14.3. The summed E-state index contributed by atoms with van der Waals surface area (Å²) in [5.41, 5.74) is 4.72. The summed E-state index contributed by atoms with van der Waals surface area (Å²) in [6.45, 7) is 3.11. The van der Waals surface area contributed by atoms with Gasteiger partial charge in [0.15, 0.2) is 0 Å². The van der Waals surface area contributed by atoms with Gasteiger partial charge in [0, 0.05) is 18.0 Å². The predicted molar refractivity (Wildman–Crippen MR) is 119 cm³/mol. The van der Waals surface area contributed by atoms with Crippen LogP contribution in [0.5, 0.6) is 11.6 Å². The molecule has 1 aliphatic heterocycles. The van der Waals surface area contributed by atoms with Crippen LogP contribution in [-0.4, -0.2) is 28.5 Å². The van der Waals surface area contributed by atoms with Crippen molar-refractivity contribution in [1.82, 2.24) is 9.97 Å². The molecule has 1 aromatic heterocycles. The van der Waals surface area contributed by atoms with E-state index in [1.807, 2.05) is 13.8 Å². The lowest BCUT2D eigenvalue weighted by Crippen LogP contribution is -2.34. The van der Waals surface area contributed by atoms with Crippen LogP contribution in [0.2, 0.25) is 0 Å². The van der Waals surface area contributed by atoms with Gasteiger partial charge in [-0.2, -0.15) is 18.2 Å². The molecule has 1 fully saturated rings. The molecule has 3 aromatic rings. The third kappa shape index (κ3) is 4.86. The summed E-state index contributed by atoms with van der Waals surface area (Å²) < 4.78 is 59.0. The molecule has 0 saturated carbocycles. The molecule has 182 valence electrons. The molecule has 35 heavy (non-hydrogen) atoms. The van der Waals surface area contributed by atoms with Crippen molar-refractivity contribution in [3.8, 4) is 11.6 Å². The van der Waals surface area contributed by atoms with E-state index in [0.717, 1.165) is 15.9 Å². The Kier molecular flexibility index (Phi) is 6.05. The maximum atomic E-state index is 13.9. The van der Waals surface area contributed by atoms with Crippen LogP contribution < -0.4 is 20.3 Å². The van der Waals surface area contributed by atoms with Gasteiger partial charge < -0.3 is 10.5 Å². The molecule has 0 radical (unpaired) electrons. The molecule has 0 spiro atoms. The number of nitrogens with two attached hydrogens (primary N) is 1. The number of benzene rings is 2. The second-order valence-corrected chi connectivity index (χ2v) is 8.02. The van der Waals surface area contributed by atoms with Crippen LogP contribution >= 0.6 is 0 Å². The van der Waals surface area contributed by atoms with Gasteiger partial charge in [0.1, 0.15) is 18.1 Å². The first-order valence-electron chi connectivity index (χ1n) is 10.4. The molecule has 8 nitrogen and oxygen atoms in total. The molecule has 0 atom stereocenters. The number of aromatic nitrogens is 2. The molecule has 2 heterocycles. The minimum atomic E-state index is -4.82. The molecular formula is C23H19F4N5O3. The first-order valence-corrected chi connectivity index (χ1v) is 10.4. The van der Waals surface area contributed by atoms with Gasteiger partial charge in [-0.15, -0.1) is 0 Å². The van der Waals surface area contributed by atoms with Crippen molar-refractivity contribution in [3.63, 3.8) is 0 Å². The van der Waals surface area contributed by atoms with Gasteiger partial charge in [0.2, 0.25) is 11.8 Å². The van der Waals surface area contributed by atoms with Crippen LogP contribution in [0, 0.1) is 5.82 Å². The highest BCUT2D eigenvalue weighted by atomic mass is 19.4. The predicted octanol–water partition coefficient (Wildman–Crippen LogP) is 5.11. The average Bonchev–Trinajstić information content (AvgIpc) is 3.06. The second-order valence-electron chi connectivity index (χ2n) is 8.02. The van der Waals surface area contributed by atoms with Crippen molar-refractivity contribution in [2.75, 3.05) is 22.1 Å². The second kappa shape index (κ2) is 8.85. The summed E-state index contributed by atoms with van der Waals surface area (Å²) in [7, 11) is 0. The van der Waals surface area contributed by atoms with E-state index in [-0.39, 0.29) is 29.1 Å². The van der Waals surface area contributed by atoms with E-state index in [1.165, 1.54) is 24.4 Å². The number of carbonyl (C=O) groups is 2. The van der Waals surface area contributed by atoms with Crippen LogP contribution in [0.4, 0.5) is 39.7 Å². The van der Waals surface area contributed by atoms with Gasteiger partial charge in [-0.05, 0) is 47.9 Å². The molecule has 0 aliphatic carbocycles. The lowest BCUT2D eigenvalue weighted by molar-refractivity contribution is -0.137. The molecular weight excluding hydrogens is 470 g/mol. The fourth-order valence-corrected chi connectivity index (χ4v) is 3.63. The Morgan fingerprint density at radius 2 is 1.83 bits per heavy atom. The van der Waals surface area contributed by atoms with E-state index in [1.54, 1.807) is 6.07 Å². The van der Waals surface area contributed by atoms with E-state index in [9.17, 15) is 27.2 Å². The SMILES string of the molecule is CC(C)c1cc(Oc2ccnc(N)n2)ccc1N1C(=O)CN(c2cc(F)cc(C(F)(F)F)c2)C1=O. The minimum Gasteiger partial charge on any atom is -0.439 e. The van der Waals surface area contributed by atoms with E-state index in [0.29, 0.717) is 23.4 Å². The summed E-state index contributed by atoms with van der Waals surface area (Å²) >= 11 is 0. The minimum absolute atomic E-state index is 0.0163. The van der Waals surface area contributed by atoms with Crippen LogP contribution in [0.25, 0.3) is 0 Å². The maximum Gasteiger partial charge on any atom is 0.416 e. The fraction of sp³-hybridized carbons (Fsp3) is 0.217. The van der Waals surface area contributed by atoms with Crippen LogP contribution in [0.3, 0.4) is 0 Å². The number of ether oxygens (including phenoxy) is 1. The number of nitrogens with zero attached hydrogens (tertiary/aromatic N) is 4. The zero-order chi connectivity index (χ0) is 25.5. The highest BCUT2D eigenvalue weighted by Gasteiger charge is 2.40. The molecule has 0 unspecified atom stereocenters. The van der Waals surface area contributed by atoms with Crippen LogP contribution in [-0.2, 0) is 11.0 Å². The lowest BCUT2D eigenvalue weighted by Gasteiger charge is -2.22. The topological polar surface area (TPSA) is 102 Å². The van der Waals surface area contributed by atoms with Crippen molar-refractivity contribution in [2.45, 2.75) is 25.9 Å². The zero-order valence-electron chi connectivity index (χ0n) is 18.5. The lowest BCUT2D eigenvalue weighted by atomic mass is 10.00. The smallest absolute Gasteiger partial charge is 0.416 e. The summed E-state index contributed by atoms with van der Waals surface area (Å²) in [4.78, 5) is 35.3. The Morgan fingerprint density at radius 3 is 2.49 bits per heavy atom. The van der Waals surface area contributed by atoms with Gasteiger partial charge in [0.05, 0.1) is 11.3 Å². The summed E-state index contributed by atoms with van der Waals surface area (Å²) in [5, 5.41) is 0. The molecule has 4 rings (SSSR count). The monoisotopic (exact) mass is 489 g/mol. The van der Waals surface area contributed by atoms with Crippen molar-refractivity contribution < 1.29 is 31.9 Å². The molecule has 2 aromatic carbocycles. The van der Waals surface area contributed by atoms with E-state index in [4.69, 9.17) is 10.5 Å². The number of urea groups is 1. The quantitative estimate of drug-likeness (QED) is 0.395. The fourth-order valence-electron chi connectivity index (χ4n) is 3.63. The Morgan fingerprint density at radius 1 is 1.09 bits per heavy atom. The van der Waals surface area contributed by atoms with Gasteiger partial charge >= 0.3 is 12.2 Å². The van der Waals surface area contributed by atoms with E-state index in [2.05, 4.69) is 9.97 Å². The number of halogens is 4. The summed E-state index contributed by atoms with van der Waals surface area (Å²) in [6.07, 6.45) is -3.40. The maximum absolute atomic E-state index is 13.9. The summed E-state index contributed by atoms with van der Waals surface area (Å²) in [5.74, 6) is -1.47. The van der Waals surface area contributed by atoms with Gasteiger partial charge in [0.25, 0.3) is 5.91 Å². The number of carbonyl (C=O) groups excluding carboxylic acids is 2. The number of alkyl halides is 3. The third-order valence-corrected chi connectivity index (χ3v) is 5.22. The van der Waals surface area contributed by atoms with Crippen molar-refractivity contribution in [1.29, 1.82) is 0 Å². The molecule has 3 amide bonds. The summed E-state index contributed by atoms with van der Waals surface area (Å²) in [6, 6.07) is 6.94. The van der Waals surface area contributed by atoms with E-state index >= 15 is 0 Å². The third-order valence-electron chi connectivity index (χ3n) is 5.22.